The molecular weight excluding hydrogens is 230 g/mol. The predicted molar refractivity (Wildman–Crippen MR) is 69.0 cm³/mol. The SMILES string of the molecule is O=C1CCN(C(=O)CCC2CCNCC2)CCN1. The molecule has 5 heteroatoms. The Balaban J connectivity index is 1.71. The maximum absolute atomic E-state index is 12.1. The molecule has 0 aromatic rings. The molecule has 2 amide bonds. The average molecular weight is 253 g/mol. The molecule has 2 heterocycles. The van der Waals surface area contributed by atoms with E-state index in [4.69, 9.17) is 0 Å². The van der Waals surface area contributed by atoms with Gasteiger partial charge in [-0.3, -0.25) is 9.59 Å². The fraction of sp³-hybridized carbons (Fsp3) is 0.846. The Morgan fingerprint density at radius 1 is 1.22 bits per heavy atom. The minimum absolute atomic E-state index is 0.0589. The summed E-state index contributed by atoms with van der Waals surface area (Å²) in [7, 11) is 0. The van der Waals surface area contributed by atoms with Crippen molar-refractivity contribution in [1.29, 1.82) is 0 Å². The van der Waals surface area contributed by atoms with Crippen LogP contribution in [0.1, 0.15) is 32.1 Å². The molecule has 2 N–H and O–H groups in total. The van der Waals surface area contributed by atoms with E-state index in [1.165, 1.54) is 12.8 Å². The number of nitrogens with one attached hydrogen (secondary N) is 2. The van der Waals surface area contributed by atoms with E-state index in [1.54, 1.807) is 0 Å². The van der Waals surface area contributed by atoms with Gasteiger partial charge in [0.2, 0.25) is 11.8 Å². The minimum atomic E-state index is 0.0589. The first-order chi connectivity index (χ1) is 8.75. The topological polar surface area (TPSA) is 61.4 Å². The van der Waals surface area contributed by atoms with E-state index in [9.17, 15) is 9.59 Å². The van der Waals surface area contributed by atoms with E-state index in [0.29, 0.717) is 38.4 Å². The molecule has 18 heavy (non-hydrogen) atoms. The molecular formula is C13H23N3O2. The molecule has 0 radical (unpaired) electrons. The summed E-state index contributed by atoms with van der Waals surface area (Å²) in [5, 5.41) is 6.13. The molecule has 0 unspecified atom stereocenters. The van der Waals surface area contributed by atoms with Crippen LogP contribution in [-0.2, 0) is 9.59 Å². The molecule has 102 valence electrons. The molecule has 0 aliphatic carbocycles. The Kier molecular flexibility index (Phi) is 4.99. The van der Waals surface area contributed by atoms with Crippen LogP contribution < -0.4 is 10.6 Å². The van der Waals surface area contributed by atoms with Gasteiger partial charge >= 0.3 is 0 Å². The zero-order chi connectivity index (χ0) is 12.8. The predicted octanol–water partition coefficient (Wildman–Crippen LogP) is 0.115. The van der Waals surface area contributed by atoms with Crippen molar-refractivity contribution in [3.63, 3.8) is 0 Å². The lowest BCUT2D eigenvalue weighted by atomic mass is 9.93. The summed E-state index contributed by atoms with van der Waals surface area (Å²) in [5.41, 5.74) is 0. The molecule has 0 aromatic carbocycles. The highest BCUT2D eigenvalue weighted by molar-refractivity contribution is 5.80. The van der Waals surface area contributed by atoms with Crippen LogP contribution in [0.5, 0.6) is 0 Å². The number of piperidine rings is 1. The van der Waals surface area contributed by atoms with Crippen molar-refractivity contribution in [1.82, 2.24) is 15.5 Å². The van der Waals surface area contributed by atoms with Gasteiger partial charge in [-0.2, -0.15) is 0 Å². The first kappa shape index (κ1) is 13.3. The molecule has 0 bridgehead atoms. The van der Waals surface area contributed by atoms with Crippen LogP contribution in [0.4, 0.5) is 0 Å². The Labute approximate surface area is 108 Å². The van der Waals surface area contributed by atoms with Crippen LogP contribution in [0.3, 0.4) is 0 Å². The van der Waals surface area contributed by atoms with E-state index < -0.39 is 0 Å². The Bertz CT molecular complexity index is 301. The van der Waals surface area contributed by atoms with Crippen molar-refractivity contribution in [2.75, 3.05) is 32.7 Å². The lowest BCUT2D eigenvalue weighted by Crippen LogP contribution is -2.35. The first-order valence-electron chi connectivity index (χ1n) is 7.01. The van der Waals surface area contributed by atoms with Crippen molar-refractivity contribution in [2.24, 2.45) is 5.92 Å². The number of nitrogens with zero attached hydrogens (tertiary/aromatic N) is 1. The number of carbonyl (C=O) groups is 2. The Morgan fingerprint density at radius 3 is 2.78 bits per heavy atom. The van der Waals surface area contributed by atoms with E-state index in [1.807, 2.05) is 4.90 Å². The molecule has 2 saturated heterocycles. The van der Waals surface area contributed by atoms with E-state index in [-0.39, 0.29) is 11.8 Å². The summed E-state index contributed by atoms with van der Waals surface area (Å²) in [6.07, 6.45) is 4.46. The smallest absolute Gasteiger partial charge is 0.222 e. The summed E-state index contributed by atoms with van der Waals surface area (Å²) in [4.78, 5) is 25.1. The Morgan fingerprint density at radius 2 is 2.00 bits per heavy atom. The third-order valence-corrected chi connectivity index (χ3v) is 3.89. The van der Waals surface area contributed by atoms with Gasteiger partial charge in [0.15, 0.2) is 0 Å². The summed E-state index contributed by atoms with van der Waals surface area (Å²) in [6.45, 7) is 4.01. The van der Waals surface area contributed by atoms with Gasteiger partial charge < -0.3 is 15.5 Å². The normalized spacial score (nSPS) is 22.4. The standard InChI is InChI=1S/C13H23N3O2/c17-12-5-9-16(10-8-15-12)13(18)2-1-11-3-6-14-7-4-11/h11,14H,1-10H2,(H,15,17). The second kappa shape index (κ2) is 6.73. The highest BCUT2D eigenvalue weighted by atomic mass is 16.2. The molecule has 0 atom stereocenters. The number of rotatable bonds is 3. The van der Waals surface area contributed by atoms with E-state index in [0.717, 1.165) is 19.5 Å². The summed E-state index contributed by atoms with van der Waals surface area (Å²) in [6, 6.07) is 0. The fourth-order valence-electron chi connectivity index (χ4n) is 2.67. The van der Waals surface area contributed by atoms with Crippen LogP contribution in [0.2, 0.25) is 0 Å². The van der Waals surface area contributed by atoms with Crippen LogP contribution >= 0.6 is 0 Å². The van der Waals surface area contributed by atoms with Gasteiger partial charge in [-0.15, -0.1) is 0 Å². The van der Waals surface area contributed by atoms with Gasteiger partial charge in [0.05, 0.1) is 0 Å². The lowest BCUT2D eigenvalue weighted by Gasteiger charge is -2.24. The highest BCUT2D eigenvalue weighted by Gasteiger charge is 2.20. The van der Waals surface area contributed by atoms with Crippen LogP contribution in [0.25, 0.3) is 0 Å². The fourth-order valence-corrected chi connectivity index (χ4v) is 2.67. The number of carbonyl (C=O) groups excluding carboxylic acids is 2. The molecule has 0 saturated carbocycles. The van der Waals surface area contributed by atoms with Crippen LogP contribution in [-0.4, -0.2) is 49.4 Å². The van der Waals surface area contributed by atoms with Gasteiger partial charge in [0.1, 0.15) is 0 Å². The van der Waals surface area contributed by atoms with Crippen molar-refractivity contribution < 1.29 is 9.59 Å². The summed E-state index contributed by atoms with van der Waals surface area (Å²) in [5.74, 6) is 0.968. The quantitative estimate of drug-likeness (QED) is 0.751. The molecule has 2 fully saturated rings. The zero-order valence-corrected chi connectivity index (χ0v) is 10.9. The third kappa shape index (κ3) is 3.98. The minimum Gasteiger partial charge on any atom is -0.354 e. The maximum atomic E-state index is 12.1. The number of hydrogen-bond acceptors (Lipinski definition) is 3. The van der Waals surface area contributed by atoms with Gasteiger partial charge in [-0.25, -0.2) is 0 Å². The molecule has 2 aliphatic heterocycles. The molecule has 2 rings (SSSR count). The van der Waals surface area contributed by atoms with Gasteiger partial charge in [-0.05, 0) is 38.3 Å². The maximum Gasteiger partial charge on any atom is 0.222 e. The van der Waals surface area contributed by atoms with Crippen molar-refractivity contribution in [3.8, 4) is 0 Å². The second-order valence-electron chi connectivity index (χ2n) is 5.21. The van der Waals surface area contributed by atoms with Gasteiger partial charge in [0.25, 0.3) is 0 Å². The zero-order valence-electron chi connectivity index (χ0n) is 10.9. The molecule has 0 aromatic heterocycles. The van der Waals surface area contributed by atoms with Crippen LogP contribution in [0, 0.1) is 5.92 Å². The molecule has 2 aliphatic rings. The Hall–Kier alpha value is -1.10. The first-order valence-corrected chi connectivity index (χ1v) is 7.01. The lowest BCUT2D eigenvalue weighted by molar-refractivity contribution is -0.131. The van der Waals surface area contributed by atoms with Crippen molar-refractivity contribution >= 4 is 11.8 Å². The van der Waals surface area contributed by atoms with E-state index in [2.05, 4.69) is 10.6 Å². The van der Waals surface area contributed by atoms with Crippen molar-refractivity contribution in [3.05, 3.63) is 0 Å². The summed E-state index contributed by atoms with van der Waals surface area (Å²) >= 11 is 0. The van der Waals surface area contributed by atoms with Gasteiger partial charge in [0, 0.05) is 32.5 Å². The monoisotopic (exact) mass is 253 g/mol. The van der Waals surface area contributed by atoms with Crippen molar-refractivity contribution in [2.45, 2.75) is 32.1 Å². The van der Waals surface area contributed by atoms with E-state index >= 15 is 0 Å². The average Bonchev–Trinajstić information content (AvgIpc) is 2.62. The number of hydrogen-bond donors (Lipinski definition) is 2. The largest absolute Gasteiger partial charge is 0.354 e. The number of amides is 2. The molecule has 0 spiro atoms. The van der Waals surface area contributed by atoms with Crippen LogP contribution in [0.15, 0.2) is 0 Å². The van der Waals surface area contributed by atoms with Gasteiger partial charge in [-0.1, -0.05) is 0 Å². The summed E-state index contributed by atoms with van der Waals surface area (Å²) < 4.78 is 0. The molecule has 5 nitrogen and oxygen atoms in total. The highest BCUT2D eigenvalue weighted by Crippen LogP contribution is 2.18. The third-order valence-electron chi connectivity index (χ3n) is 3.89. The second-order valence-corrected chi connectivity index (χ2v) is 5.21.